The monoisotopic (exact) mass is 496 g/mol. The highest BCUT2D eigenvalue weighted by Crippen LogP contribution is 2.24. The number of hydrogen-bond donors (Lipinski definition) is 1. The Morgan fingerprint density at radius 2 is 1.97 bits per heavy atom. The van der Waals surface area contributed by atoms with Crippen molar-refractivity contribution in [3.8, 4) is 11.4 Å². The number of halogens is 1. The summed E-state index contributed by atoms with van der Waals surface area (Å²) in [6.45, 7) is 8.54. The van der Waals surface area contributed by atoms with Gasteiger partial charge in [0.1, 0.15) is 0 Å². The zero-order valence-electron chi connectivity index (χ0n) is 18.8. The Morgan fingerprint density at radius 1 is 1.19 bits per heavy atom. The number of nitrogens with zero attached hydrogens (tertiary/aromatic N) is 3. The summed E-state index contributed by atoms with van der Waals surface area (Å²) in [7, 11) is 0. The predicted molar refractivity (Wildman–Crippen MR) is 128 cm³/mol. The Kier molecular flexibility index (Phi) is 7.06. The van der Waals surface area contributed by atoms with Gasteiger partial charge in [-0.1, -0.05) is 51.4 Å². The fourth-order valence-electron chi connectivity index (χ4n) is 4.06. The van der Waals surface area contributed by atoms with Crippen molar-refractivity contribution in [3.05, 3.63) is 69.5 Å². The molecule has 1 aromatic heterocycles. The largest absolute Gasteiger partial charge is 0.349 e. The number of carbonyl (C=O) groups is 1. The van der Waals surface area contributed by atoms with Gasteiger partial charge in [-0.3, -0.25) is 9.69 Å². The van der Waals surface area contributed by atoms with Gasteiger partial charge in [-0.15, -0.1) is 0 Å². The van der Waals surface area contributed by atoms with Crippen molar-refractivity contribution < 1.29 is 9.32 Å². The molecule has 168 valence electrons. The lowest BCUT2D eigenvalue weighted by Crippen LogP contribution is -2.41. The van der Waals surface area contributed by atoms with Gasteiger partial charge in [-0.25, -0.2) is 0 Å². The first-order chi connectivity index (χ1) is 15.4. The van der Waals surface area contributed by atoms with Crippen LogP contribution in [-0.2, 0) is 11.3 Å². The summed E-state index contributed by atoms with van der Waals surface area (Å²) in [4.78, 5) is 19.6. The zero-order valence-corrected chi connectivity index (χ0v) is 20.4. The number of aromatic nitrogens is 2. The van der Waals surface area contributed by atoms with Crippen LogP contribution in [0.1, 0.15) is 48.4 Å². The third kappa shape index (κ3) is 5.45. The van der Waals surface area contributed by atoms with Crippen LogP contribution < -0.4 is 5.32 Å². The molecule has 2 aromatic carbocycles. The first kappa shape index (κ1) is 22.7. The average molecular weight is 497 g/mol. The lowest BCUT2D eigenvalue weighted by Gasteiger charge is -2.31. The maximum atomic E-state index is 12.8. The molecular weight excluding hydrogens is 468 g/mol. The topological polar surface area (TPSA) is 71.3 Å². The number of hydrogen-bond acceptors (Lipinski definition) is 5. The number of amides is 1. The molecule has 0 bridgehead atoms. The standard InChI is InChI=1S/C25H29BrN4O2/c1-16-7-8-20(13-17(16)2)18(3)27-25(31)19-9-11-30(12-10-19)15-23-28-24(29-32-23)21-5-4-6-22(26)14-21/h4-8,13-14,18-19H,9-12,15H2,1-3H3,(H,27,31). The smallest absolute Gasteiger partial charge is 0.241 e. The molecule has 3 aromatic rings. The van der Waals surface area contributed by atoms with Crippen molar-refractivity contribution >= 4 is 21.8 Å². The number of carbonyl (C=O) groups excluding carboxylic acids is 1. The van der Waals surface area contributed by atoms with Crippen molar-refractivity contribution in [3.63, 3.8) is 0 Å². The van der Waals surface area contributed by atoms with Crippen LogP contribution >= 0.6 is 15.9 Å². The maximum Gasteiger partial charge on any atom is 0.241 e. The van der Waals surface area contributed by atoms with E-state index < -0.39 is 0 Å². The predicted octanol–water partition coefficient (Wildman–Crippen LogP) is 5.21. The normalized spacial score (nSPS) is 16.1. The van der Waals surface area contributed by atoms with E-state index in [1.54, 1.807) is 0 Å². The number of likely N-dealkylation sites (tertiary alicyclic amines) is 1. The van der Waals surface area contributed by atoms with E-state index in [0.29, 0.717) is 18.3 Å². The highest BCUT2D eigenvalue weighted by atomic mass is 79.9. The van der Waals surface area contributed by atoms with Gasteiger partial charge in [0, 0.05) is 16.0 Å². The Hall–Kier alpha value is -2.51. The number of benzene rings is 2. The molecular formula is C25H29BrN4O2. The highest BCUT2D eigenvalue weighted by Gasteiger charge is 2.27. The van der Waals surface area contributed by atoms with Crippen LogP contribution in [0.25, 0.3) is 11.4 Å². The maximum absolute atomic E-state index is 12.8. The summed E-state index contributed by atoms with van der Waals surface area (Å²) in [5, 5.41) is 7.31. The van der Waals surface area contributed by atoms with Crippen molar-refractivity contribution in [2.75, 3.05) is 13.1 Å². The molecule has 1 saturated heterocycles. The molecule has 32 heavy (non-hydrogen) atoms. The molecule has 7 heteroatoms. The van der Waals surface area contributed by atoms with E-state index in [0.717, 1.165) is 41.5 Å². The lowest BCUT2D eigenvalue weighted by atomic mass is 9.95. The van der Waals surface area contributed by atoms with Crippen molar-refractivity contribution in [2.24, 2.45) is 5.92 Å². The van der Waals surface area contributed by atoms with E-state index >= 15 is 0 Å². The van der Waals surface area contributed by atoms with E-state index in [9.17, 15) is 4.79 Å². The van der Waals surface area contributed by atoms with E-state index in [-0.39, 0.29) is 17.9 Å². The quantitative estimate of drug-likeness (QED) is 0.507. The lowest BCUT2D eigenvalue weighted by molar-refractivity contribution is -0.127. The number of nitrogens with one attached hydrogen (secondary N) is 1. The van der Waals surface area contributed by atoms with Gasteiger partial charge in [-0.05, 0) is 75.5 Å². The van der Waals surface area contributed by atoms with Gasteiger partial charge in [0.15, 0.2) is 0 Å². The second-order valence-corrected chi connectivity index (χ2v) is 9.56. The van der Waals surface area contributed by atoms with Gasteiger partial charge in [0.05, 0.1) is 12.6 Å². The van der Waals surface area contributed by atoms with Crippen LogP contribution in [0, 0.1) is 19.8 Å². The van der Waals surface area contributed by atoms with Gasteiger partial charge >= 0.3 is 0 Å². The molecule has 0 spiro atoms. The molecule has 1 aliphatic heterocycles. The van der Waals surface area contributed by atoms with Gasteiger partial charge in [-0.2, -0.15) is 4.98 Å². The third-order valence-corrected chi connectivity index (χ3v) is 6.75. The SMILES string of the molecule is Cc1ccc(C(C)NC(=O)C2CCN(Cc3nc(-c4cccc(Br)c4)no3)CC2)cc1C. The second kappa shape index (κ2) is 9.96. The summed E-state index contributed by atoms with van der Waals surface area (Å²) < 4.78 is 6.44. The Balaban J connectivity index is 1.27. The zero-order chi connectivity index (χ0) is 22.7. The van der Waals surface area contributed by atoms with E-state index in [2.05, 4.69) is 75.3 Å². The van der Waals surface area contributed by atoms with Gasteiger partial charge < -0.3 is 9.84 Å². The van der Waals surface area contributed by atoms with Crippen LogP contribution in [0.5, 0.6) is 0 Å². The van der Waals surface area contributed by atoms with Crippen LogP contribution in [-0.4, -0.2) is 34.0 Å². The van der Waals surface area contributed by atoms with Crippen LogP contribution in [0.3, 0.4) is 0 Å². The Labute approximate surface area is 197 Å². The molecule has 1 atom stereocenters. The fraction of sp³-hybridized carbons (Fsp3) is 0.400. The summed E-state index contributed by atoms with van der Waals surface area (Å²) in [6, 6.07) is 14.2. The van der Waals surface area contributed by atoms with Crippen molar-refractivity contribution in [2.45, 2.75) is 46.2 Å². The average Bonchev–Trinajstić information content (AvgIpc) is 3.24. The van der Waals surface area contributed by atoms with Crippen LogP contribution in [0.4, 0.5) is 0 Å². The van der Waals surface area contributed by atoms with Gasteiger partial charge in [0.2, 0.25) is 17.6 Å². The summed E-state index contributed by atoms with van der Waals surface area (Å²) in [6.07, 6.45) is 1.66. The minimum atomic E-state index is 0.00895. The minimum Gasteiger partial charge on any atom is -0.349 e. The number of piperidine rings is 1. The minimum absolute atomic E-state index is 0.00895. The fourth-order valence-corrected chi connectivity index (χ4v) is 4.46. The Morgan fingerprint density at radius 3 is 2.69 bits per heavy atom. The van der Waals surface area contributed by atoms with E-state index in [1.165, 1.54) is 11.1 Å². The molecule has 0 saturated carbocycles. The molecule has 1 aliphatic rings. The third-order valence-electron chi connectivity index (χ3n) is 6.26. The van der Waals surface area contributed by atoms with Gasteiger partial charge in [0.25, 0.3) is 0 Å². The summed E-state index contributed by atoms with van der Waals surface area (Å²) in [5.74, 6) is 1.38. The molecule has 0 aliphatic carbocycles. The molecule has 4 rings (SSSR count). The van der Waals surface area contributed by atoms with E-state index in [4.69, 9.17) is 4.52 Å². The van der Waals surface area contributed by atoms with Crippen molar-refractivity contribution in [1.29, 1.82) is 0 Å². The molecule has 1 N–H and O–H groups in total. The molecule has 1 fully saturated rings. The van der Waals surface area contributed by atoms with Crippen LogP contribution in [0.2, 0.25) is 0 Å². The first-order valence-electron chi connectivity index (χ1n) is 11.1. The van der Waals surface area contributed by atoms with Crippen molar-refractivity contribution in [1.82, 2.24) is 20.4 Å². The van der Waals surface area contributed by atoms with E-state index in [1.807, 2.05) is 24.3 Å². The summed E-state index contributed by atoms with van der Waals surface area (Å²) in [5.41, 5.74) is 4.59. The first-order valence-corrected chi connectivity index (χ1v) is 11.9. The molecule has 1 unspecified atom stereocenters. The number of rotatable bonds is 6. The number of aryl methyl sites for hydroxylation is 2. The molecule has 2 heterocycles. The summed E-state index contributed by atoms with van der Waals surface area (Å²) >= 11 is 3.47. The molecule has 0 radical (unpaired) electrons. The highest BCUT2D eigenvalue weighted by molar-refractivity contribution is 9.10. The second-order valence-electron chi connectivity index (χ2n) is 8.65. The molecule has 6 nitrogen and oxygen atoms in total. The molecule has 1 amide bonds. The van der Waals surface area contributed by atoms with Crippen LogP contribution in [0.15, 0.2) is 51.5 Å². The Bertz CT molecular complexity index is 1090.